The molecule has 1 aromatic heterocycles. The molecule has 0 unspecified atom stereocenters. The van der Waals surface area contributed by atoms with Crippen LogP contribution in [0.2, 0.25) is 0 Å². The topological polar surface area (TPSA) is 69.9 Å². The first-order valence-corrected chi connectivity index (χ1v) is 12.4. The largest absolute Gasteiger partial charge is 0.489 e. The van der Waals surface area contributed by atoms with Crippen LogP contribution in [0.15, 0.2) is 99.9 Å². The van der Waals surface area contributed by atoms with Crippen LogP contribution in [0.25, 0.3) is 6.08 Å². The Morgan fingerprint density at radius 1 is 1.05 bits per heavy atom. The number of benzene rings is 3. The number of fused-ring (bicyclic) bond motifs is 1. The number of halogens is 1. The Bertz CT molecular complexity index is 1670. The van der Waals surface area contributed by atoms with Crippen molar-refractivity contribution in [2.45, 2.75) is 19.6 Å². The number of methoxy groups -OCH3 is 1. The van der Waals surface area contributed by atoms with E-state index in [1.807, 2.05) is 42.5 Å². The van der Waals surface area contributed by atoms with Gasteiger partial charge in [0.25, 0.3) is 5.56 Å². The molecule has 4 aromatic rings. The third kappa shape index (κ3) is 4.88. The minimum absolute atomic E-state index is 0.117. The zero-order valence-corrected chi connectivity index (χ0v) is 21.0. The lowest BCUT2D eigenvalue weighted by Gasteiger charge is -2.24. The Morgan fingerprint density at radius 3 is 2.46 bits per heavy atom. The molecule has 0 amide bonds. The second-order valence-corrected chi connectivity index (χ2v) is 9.44. The average molecular weight is 515 g/mol. The Labute approximate surface area is 216 Å². The molecule has 3 aromatic carbocycles. The Morgan fingerprint density at radius 2 is 1.76 bits per heavy atom. The van der Waals surface area contributed by atoms with E-state index in [1.165, 1.54) is 24.5 Å². The summed E-state index contributed by atoms with van der Waals surface area (Å²) in [6, 6.07) is 22.4. The van der Waals surface area contributed by atoms with Crippen molar-refractivity contribution in [1.29, 1.82) is 0 Å². The van der Waals surface area contributed by atoms with E-state index >= 15 is 0 Å². The number of carbonyl (C=O) groups is 1. The van der Waals surface area contributed by atoms with Gasteiger partial charge >= 0.3 is 5.97 Å². The fourth-order valence-corrected chi connectivity index (χ4v) is 5.28. The van der Waals surface area contributed by atoms with Crippen LogP contribution in [0.1, 0.15) is 29.7 Å². The van der Waals surface area contributed by atoms with E-state index in [0.29, 0.717) is 31.9 Å². The summed E-state index contributed by atoms with van der Waals surface area (Å²) in [6.07, 6.45) is 1.78. The van der Waals surface area contributed by atoms with Crippen LogP contribution in [0.4, 0.5) is 4.39 Å². The predicted octanol–water partition coefficient (Wildman–Crippen LogP) is 4.13. The molecule has 1 aliphatic rings. The van der Waals surface area contributed by atoms with Gasteiger partial charge in [-0.3, -0.25) is 9.36 Å². The molecule has 2 heterocycles. The van der Waals surface area contributed by atoms with Gasteiger partial charge in [-0.05, 0) is 42.3 Å². The maximum Gasteiger partial charge on any atom is 0.338 e. The van der Waals surface area contributed by atoms with Crippen molar-refractivity contribution in [3.63, 3.8) is 0 Å². The van der Waals surface area contributed by atoms with E-state index in [2.05, 4.69) is 4.99 Å². The number of hydrogen-bond acceptors (Lipinski definition) is 6. The Hall–Kier alpha value is -4.30. The summed E-state index contributed by atoms with van der Waals surface area (Å²) >= 11 is 1.26. The van der Waals surface area contributed by atoms with Gasteiger partial charge in [-0.25, -0.2) is 14.2 Å². The first-order chi connectivity index (χ1) is 18.0. The van der Waals surface area contributed by atoms with Crippen LogP contribution in [-0.2, 0) is 16.1 Å². The highest BCUT2D eigenvalue weighted by Gasteiger charge is 2.32. The van der Waals surface area contributed by atoms with Crippen LogP contribution in [0.3, 0.4) is 0 Å². The molecule has 0 fully saturated rings. The van der Waals surface area contributed by atoms with Gasteiger partial charge in [-0.2, -0.15) is 0 Å². The number of aromatic nitrogens is 1. The molecular weight excluding hydrogens is 491 g/mol. The van der Waals surface area contributed by atoms with Crippen molar-refractivity contribution < 1.29 is 18.7 Å². The molecular formula is C29H23FN2O4S. The van der Waals surface area contributed by atoms with Crippen molar-refractivity contribution in [3.8, 4) is 5.75 Å². The molecule has 6 nitrogen and oxygen atoms in total. The van der Waals surface area contributed by atoms with Crippen LogP contribution in [0, 0.1) is 5.82 Å². The van der Waals surface area contributed by atoms with Crippen molar-refractivity contribution >= 4 is 23.4 Å². The summed E-state index contributed by atoms with van der Waals surface area (Å²) < 4.78 is 26.6. The van der Waals surface area contributed by atoms with Crippen molar-refractivity contribution in [2.75, 3.05) is 7.11 Å². The molecule has 8 heteroatoms. The summed E-state index contributed by atoms with van der Waals surface area (Å²) in [6.45, 7) is 1.87. The Kier molecular flexibility index (Phi) is 6.83. The zero-order valence-electron chi connectivity index (χ0n) is 20.2. The fraction of sp³-hybridized carbons (Fsp3) is 0.138. The number of rotatable bonds is 6. The summed E-state index contributed by atoms with van der Waals surface area (Å²) in [7, 11) is 1.32. The van der Waals surface area contributed by atoms with E-state index in [0.717, 1.165) is 11.1 Å². The van der Waals surface area contributed by atoms with Crippen molar-refractivity contribution in [1.82, 2.24) is 4.57 Å². The fourth-order valence-electron chi connectivity index (χ4n) is 4.23. The standard InChI is InChI=1S/C29H23FN2O4S/c1-18-25(28(34)35-2)26(20-8-4-3-5-9-20)32-27(33)24(37-29(32)31-18)16-19-12-14-22(15-13-19)36-17-21-10-6-7-11-23(21)30/h3-16,26H,17H2,1-2H3/b24-16+/t26-/m1/s1. The number of ether oxygens (including phenoxy) is 2. The highest BCUT2D eigenvalue weighted by Crippen LogP contribution is 2.30. The SMILES string of the molecule is COC(=O)C1=C(C)N=c2s/c(=C/c3ccc(OCc4ccccc4F)cc3)c(=O)n2[C@@H]1c1ccccc1. The van der Waals surface area contributed by atoms with Gasteiger partial charge in [0.05, 0.1) is 29.0 Å². The summed E-state index contributed by atoms with van der Waals surface area (Å²) in [5.74, 6) is -0.242. The molecule has 0 N–H and O–H groups in total. The molecule has 186 valence electrons. The predicted molar refractivity (Wildman–Crippen MR) is 139 cm³/mol. The molecule has 0 saturated heterocycles. The molecule has 0 aliphatic carbocycles. The van der Waals surface area contributed by atoms with E-state index < -0.39 is 12.0 Å². The third-order valence-corrected chi connectivity index (χ3v) is 7.06. The number of nitrogens with zero attached hydrogens (tertiary/aromatic N) is 2. The smallest absolute Gasteiger partial charge is 0.338 e. The molecule has 1 aliphatic heterocycles. The lowest BCUT2D eigenvalue weighted by molar-refractivity contribution is -0.136. The van der Waals surface area contributed by atoms with Crippen molar-refractivity contribution in [3.05, 3.63) is 132 Å². The van der Waals surface area contributed by atoms with Gasteiger partial charge in [-0.15, -0.1) is 0 Å². The Balaban J connectivity index is 1.49. The molecule has 0 saturated carbocycles. The summed E-state index contributed by atoms with van der Waals surface area (Å²) in [4.78, 5) is 31.3. The molecule has 0 bridgehead atoms. The number of carbonyl (C=O) groups excluding carboxylic acids is 1. The summed E-state index contributed by atoms with van der Waals surface area (Å²) in [5, 5.41) is 0. The molecule has 37 heavy (non-hydrogen) atoms. The highest BCUT2D eigenvalue weighted by molar-refractivity contribution is 7.07. The van der Waals surface area contributed by atoms with Crippen LogP contribution >= 0.6 is 11.3 Å². The van der Waals surface area contributed by atoms with Gasteiger partial charge in [0.2, 0.25) is 0 Å². The van der Waals surface area contributed by atoms with Crippen molar-refractivity contribution in [2.24, 2.45) is 4.99 Å². The second kappa shape index (κ2) is 10.4. The quantitative estimate of drug-likeness (QED) is 0.363. The van der Waals surface area contributed by atoms with Crippen LogP contribution < -0.4 is 19.6 Å². The van der Waals surface area contributed by atoms with Gasteiger partial charge < -0.3 is 9.47 Å². The van der Waals surface area contributed by atoms with Gasteiger partial charge in [0, 0.05) is 5.56 Å². The van der Waals surface area contributed by atoms with E-state index in [4.69, 9.17) is 9.47 Å². The minimum Gasteiger partial charge on any atom is -0.489 e. The third-order valence-electron chi connectivity index (χ3n) is 6.07. The zero-order chi connectivity index (χ0) is 25.9. The first-order valence-electron chi connectivity index (χ1n) is 11.6. The van der Waals surface area contributed by atoms with E-state index in [-0.39, 0.29) is 18.0 Å². The van der Waals surface area contributed by atoms with Crippen LogP contribution in [-0.4, -0.2) is 17.6 Å². The van der Waals surface area contributed by atoms with Gasteiger partial charge in [0.1, 0.15) is 18.2 Å². The van der Waals surface area contributed by atoms with Gasteiger partial charge in [-0.1, -0.05) is 72.0 Å². The number of allylic oxidation sites excluding steroid dienone is 1. The van der Waals surface area contributed by atoms with Crippen LogP contribution in [0.5, 0.6) is 5.75 Å². The number of thiazole rings is 1. The average Bonchev–Trinajstić information content (AvgIpc) is 3.22. The molecule has 5 rings (SSSR count). The second-order valence-electron chi connectivity index (χ2n) is 8.43. The van der Waals surface area contributed by atoms with Gasteiger partial charge in [0.15, 0.2) is 4.80 Å². The van der Waals surface area contributed by atoms with E-state index in [1.54, 1.807) is 47.9 Å². The van der Waals surface area contributed by atoms with E-state index in [9.17, 15) is 14.0 Å². The highest BCUT2D eigenvalue weighted by atomic mass is 32.1. The summed E-state index contributed by atoms with van der Waals surface area (Å²) in [5.41, 5.74) is 2.67. The normalized spacial score (nSPS) is 15.2. The lowest BCUT2D eigenvalue weighted by Crippen LogP contribution is -2.39. The maximum atomic E-state index is 13.8. The number of esters is 1. The molecule has 0 radical (unpaired) electrons. The minimum atomic E-state index is -0.638. The molecule has 1 atom stereocenters. The monoisotopic (exact) mass is 514 g/mol. The lowest BCUT2D eigenvalue weighted by atomic mass is 9.96. The maximum absolute atomic E-state index is 13.8. The number of hydrogen-bond donors (Lipinski definition) is 0. The first kappa shape index (κ1) is 24.4. The molecule has 0 spiro atoms.